The number of aliphatic carboxylic acids is 1. The molecule has 1 aromatic rings. The Balaban J connectivity index is 1.43. The number of carboxylic acid groups (broad SMARTS) is 1. The summed E-state index contributed by atoms with van der Waals surface area (Å²) < 4.78 is 39.8. The van der Waals surface area contributed by atoms with E-state index in [1.165, 1.54) is 16.4 Å². The van der Waals surface area contributed by atoms with E-state index >= 15 is 0 Å². The van der Waals surface area contributed by atoms with Gasteiger partial charge in [0.15, 0.2) is 0 Å². The van der Waals surface area contributed by atoms with Crippen LogP contribution in [0, 0.1) is 29.5 Å². The second kappa shape index (κ2) is 7.11. The van der Waals surface area contributed by atoms with Gasteiger partial charge in [0.2, 0.25) is 15.9 Å². The quantitative estimate of drug-likeness (QED) is 0.810. The third kappa shape index (κ3) is 3.20. The van der Waals surface area contributed by atoms with Crippen molar-refractivity contribution in [3.63, 3.8) is 0 Å². The predicted molar refractivity (Wildman–Crippen MR) is 97.2 cm³/mol. The molecular weight excluding hydrogens is 387 g/mol. The van der Waals surface area contributed by atoms with Crippen LogP contribution in [0.3, 0.4) is 0 Å². The highest BCUT2D eigenvalue weighted by Crippen LogP contribution is 2.53. The lowest BCUT2D eigenvalue weighted by atomic mass is 9.78. The summed E-state index contributed by atoms with van der Waals surface area (Å²) in [5.74, 6) is -2.46. The van der Waals surface area contributed by atoms with Gasteiger partial charge in [-0.3, -0.25) is 9.59 Å². The Labute approximate surface area is 163 Å². The Morgan fingerprint density at radius 1 is 0.964 bits per heavy atom. The van der Waals surface area contributed by atoms with Crippen molar-refractivity contribution >= 4 is 21.9 Å². The number of amides is 1. The first kappa shape index (κ1) is 19.3. The smallest absolute Gasteiger partial charge is 0.307 e. The molecular formula is C19H23FN2O5S. The van der Waals surface area contributed by atoms with Crippen LogP contribution in [-0.4, -0.2) is 60.8 Å². The molecule has 4 atom stereocenters. The number of rotatable bonds is 4. The van der Waals surface area contributed by atoms with Gasteiger partial charge in [-0.05, 0) is 55.4 Å². The van der Waals surface area contributed by atoms with Crippen LogP contribution < -0.4 is 0 Å². The third-order valence-corrected chi connectivity index (χ3v) is 8.40. The standard InChI is InChI=1S/C19H23FN2O5S/c20-14-3-5-15(6-4-14)28(26,27)22-9-7-21(8-10-22)18(23)16-12-1-2-13(11-12)17(16)19(24)25/h3-6,12-13,16-17H,1-2,7-11H2,(H,24,25)/t12-,13+,16-,17-/m0/s1. The number of hydrogen-bond donors (Lipinski definition) is 1. The van der Waals surface area contributed by atoms with E-state index in [0.29, 0.717) is 0 Å². The number of nitrogens with zero attached hydrogens (tertiary/aromatic N) is 2. The molecule has 2 aliphatic carbocycles. The largest absolute Gasteiger partial charge is 0.481 e. The average molecular weight is 410 g/mol. The predicted octanol–water partition coefficient (Wildman–Crippen LogP) is 1.41. The van der Waals surface area contributed by atoms with Crippen LogP contribution in [-0.2, 0) is 19.6 Å². The molecule has 0 aromatic heterocycles. The van der Waals surface area contributed by atoms with Crippen molar-refractivity contribution in [2.75, 3.05) is 26.2 Å². The second-order valence-corrected chi connectivity index (χ2v) is 9.84. The van der Waals surface area contributed by atoms with Gasteiger partial charge < -0.3 is 10.0 Å². The SMILES string of the molecule is O=C(O)[C@H]1[C@@H]2CC[C@@H](C2)[C@@H]1C(=O)N1CCN(S(=O)(=O)c2ccc(F)cc2)CC1. The van der Waals surface area contributed by atoms with Gasteiger partial charge in [-0.25, -0.2) is 12.8 Å². The third-order valence-electron chi connectivity index (χ3n) is 6.49. The van der Waals surface area contributed by atoms with Crippen molar-refractivity contribution < 1.29 is 27.5 Å². The maximum absolute atomic E-state index is 13.1. The van der Waals surface area contributed by atoms with E-state index in [0.717, 1.165) is 31.4 Å². The molecule has 1 aliphatic heterocycles. The maximum Gasteiger partial charge on any atom is 0.307 e. The van der Waals surface area contributed by atoms with E-state index in [1.54, 1.807) is 4.90 Å². The molecule has 1 heterocycles. The minimum absolute atomic E-state index is 0.0210. The molecule has 2 bridgehead atoms. The molecule has 7 nitrogen and oxygen atoms in total. The summed E-state index contributed by atoms with van der Waals surface area (Å²) in [4.78, 5) is 26.3. The van der Waals surface area contributed by atoms with Gasteiger partial charge in [0.25, 0.3) is 0 Å². The molecule has 4 rings (SSSR count). The summed E-state index contributed by atoms with van der Waals surface area (Å²) in [6.45, 7) is 0.757. The number of benzene rings is 1. The molecule has 1 saturated heterocycles. The first-order valence-electron chi connectivity index (χ1n) is 9.56. The van der Waals surface area contributed by atoms with E-state index in [-0.39, 0.29) is 48.8 Å². The fourth-order valence-electron chi connectivity index (χ4n) is 5.12. The normalized spacial score (nSPS) is 30.5. The molecule has 1 aromatic carbocycles. The molecule has 0 radical (unpaired) electrons. The van der Waals surface area contributed by atoms with E-state index < -0.39 is 33.6 Å². The number of hydrogen-bond acceptors (Lipinski definition) is 4. The van der Waals surface area contributed by atoms with Gasteiger partial charge in [0.05, 0.1) is 16.7 Å². The van der Waals surface area contributed by atoms with Crippen LogP contribution in [0.25, 0.3) is 0 Å². The number of carbonyl (C=O) groups is 2. The Bertz CT molecular complexity index is 880. The van der Waals surface area contributed by atoms with Gasteiger partial charge >= 0.3 is 5.97 Å². The van der Waals surface area contributed by atoms with Gasteiger partial charge in [-0.2, -0.15) is 4.31 Å². The van der Waals surface area contributed by atoms with Gasteiger partial charge in [-0.1, -0.05) is 0 Å². The Kier molecular flexibility index (Phi) is 4.91. The van der Waals surface area contributed by atoms with Crippen LogP contribution in [0.15, 0.2) is 29.2 Å². The molecule has 1 amide bonds. The lowest BCUT2D eigenvalue weighted by molar-refractivity contribution is -0.153. The van der Waals surface area contributed by atoms with Crippen LogP contribution in [0.4, 0.5) is 4.39 Å². The van der Waals surface area contributed by atoms with Crippen LogP contribution in [0.1, 0.15) is 19.3 Å². The first-order chi connectivity index (χ1) is 13.3. The molecule has 1 N–H and O–H groups in total. The van der Waals surface area contributed by atoms with E-state index in [2.05, 4.69) is 0 Å². The average Bonchev–Trinajstić information content (AvgIpc) is 3.29. The van der Waals surface area contributed by atoms with Crippen molar-refractivity contribution in [3.05, 3.63) is 30.1 Å². The van der Waals surface area contributed by atoms with Crippen LogP contribution >= 0.6 is 0 Å². The number of halogens is 1. The highest BCUT2D eigenvalue weighted by molar-refractivity contribution is 7.89. The summed E-state index contributed by atoms with van der Waals surface area (Å²) in [6.07, 6.45) is 2.56. The topological polar surface area (TPSA) is 95.0 Å². The monoisotopic (exact) mass is 410 g/mol. The van der Waals surface area contributed by atoms with Gasteiger partial charge in [0, 0.05) is 26.2 Å². The van der Waals surface area contributed by atoms with E-state index in [9.17, 15) is 27.5 Å². The summed E-state index contributed by atoms with van der Waals surface area (Å²) >= 11 is 0. The Hall–Kier alpha value is -2.00. The number of carbonyl (C=O) groups excluding carboxylic acids is 1. The zero-order valence-electron chi connectivity index (χ0n) is 15.3. The lowest BCUT2D eigenvalue weighted by Gasteiger charge is -2.37. The highest BCUT2D eigenvalue weighted by atomic mass is 32.2. The second-order valence-electron chi connectivity index (χ2n) is 7.91. The molecule has 0 unspecified atom stereocenters. The number of piperazine rings is 1. The van der Waals surface area contributed by atoms with Gasteiger partial charge in [-0.15, -0.1) is 0 Å². The summed E-state index contributed by atoms with van der Waals surface area (Å²) in [6, 6.07) is 4.67. The van der Waals surface area contributed by atoms with E-state index in [1.807, 2.05) is 0 Å². The fourth-order valence-corrected chi connectivity index (χ4v) is 6.54. The lowest BCUT2D eigenvalue weighted by Crippen LogP contribution is -2.53. The molecule has 28 heavy (non-hydrogen) atoms. The first-order valence-corrected chi connectivity index (χ1v) is 11.0. The van der Waals surface area contributed by atoms with Crippen molar-refractivity contribution in [1.29, 1.82) is 0 Å². The van der Waals surface area contributed by atoms with Gasteiger partial charge in [0.1, 0.15) is 5.82 Å². The highest BCUT2D eigenvalue weighted by Gasteiger charge is 2.55. The van der Waals surface area contributed by atoms with Crippen LogP contribution in [0.2, 0.25) is 0 Å². The number of carboxylic acids is 1. The van der Waals surface area contributed by atoms with Crippen molar-refractivity contribution in [2.45, 2.75) is 24.2 Å². The van der Waals surface area contributed by atoms with Crippen molar-refractivity contribution in [3.8, 4) is 0 Å². The minimum atomic E-state index is -3.74. The summed E-state index contributed by atoms with van der Waals surface area (Å²) in [5.41, 5.74) is 0. The minimum Gasteiger partial charge on any atom is -0.481 e. The number of sulfonamides is 1. The number of fused-ring (bicyclic) bond motifs is 2. The molecule has 3 fully saturated rings. The molecule has 3 aliphatic rings. The zero-order valence-corrected chi connectivity index (χ0v) is 16.1. The maximum atomic E-state index is 13.1. The Morgan fingerprint density at radius 3 is 2.11 bits per heavy atom. The molecule has 2 saturated carbocycles. The zero-order chi connectivity index (χ0) is 20.1. The summed E-state index contributed by atoms with van der Waals surface area (Å²) in [5, 5.41) is 9.56. The van der Waals surface area contributed by atoms with Crippen molar-refractivity contribution in [1.82, 2.24) is 9.21 Å². The van der Waals surface area contributed by atoms with Crippen molar-refractivity contribution in [2.24, 2.45) is 23.7 Å². The van der Waals surface area contributed by atoms with E-state index in [4.69, 9.17) is 0 Å². The molecule has 0 spiro atoms. The molecule has 152 valence electrons. The molecule has 9 heteroatoms. The van der Waals surface area contributed by atoms with Crippen LogP contribution in [0.5, 0.6) is 0 Å². The fraction of sp³-hybridized carbons (Fsp3) is 0.579. The Morgan fingerprint density at radius 2 is 1.54 bits per heavy atom. The summed E-state index contributed by atoms with van der Waals surface area (Å²) in [7, 11) is -3.74.